The number of benzene rings is 2. The molecule has 0 amide bonds. The summed E-state index contributed by atoms with van der Waals surface area (Å²) < 4.78 is 45.1. The summed E-state index contributed by atoms with van der Waals surface area (Å²) in [7, 11) is 1.76. The monoisotopic (exact) mass is 396 g/mol. The van der Waals surface area contributed by atoms with E-state index in [9.17, 15) is 18.0 Å². The quantitative estimate of drug-likeness (QED) is 0.721. The zero-order chi connectivity index (χ0) is 20.9. The molecule has 0 aliphatic rings. The van der Waals surface area contributed by atoms with Gasteiger partial charge in [0.1, 0.15) is 24.0 Å². The molecule has 1 unspecified atom stereocenters. The summed E-state index contributed by atoms with van der Waals surface area (Å²) in [6, 6.07) is 11.0. The first-order chi connectivity index (χ1) is 13.1. The average Bonchev–Trinajstić information content (AvgIpc) is 2.65. The first-order valence-corrected chi connectivity index (χ1v) is 8.61. The number of alkyl halides is 3. The van der Waals surface area contributed by atoms with Crippen molar-refractivity contribution in [1.29, 1.82) is 0 Å². The van der Waals surface area contributed by atoms with Crippen LogP contribution >= 0.6 is 0 Å². The van der Waals surface area contributed by atoms with Crippen LogP contribution in [0.25, 0.3) is 0 Å². The largest absolute Gasteiger partial charge is 0.488 e. The van der Waals surface area contributed by atoms with E-state index in [4.69, 9.17) is 10.6 Å². The lowest BCUT2D eigenvalue weighted by Gasteiger charge is -2.22. The number of carbonyl (C=O) groups excluding carboxylic acids is 1. The van der Waals surface area contributed by atoms with Gasteiger partial charge in [-0.1, -0.05) is 36.4 Å². The van der Waals surface area contributed by atoms with E-state index in [1.165, 1.54) is 25.1 Å². The van der Waals surface area contributed by atoms with Gasteiger partial charge in [-0.05, 0) is 43.7 Å². The number of likely N-dealkylation sites (N-methyl/N-ethyl adjacent to an activating group) is 1. The van der Waals surface area contributed by atoms with Crippen LogP contribution in [0, 0.1) is 6.92 Å². The molecule has 152 valence electrons. The van der Waals surface area contributed by atoms with Gasteiger partial charge in [0.05, 0.1) is 0 Å². The molecule has 28 heavy (non-hydrogen) atoms. The Morgan fingerprint density at radius 3 is 2.32 bits per heavy atom. The summed E-state index contributed by atoms with van der Waals surface area (Å²) in [5.41, 5.74) is 1.02. The fourth-order valence-electron chi connectivity index (χ4n) is 2.73. The molecule has 0 radical (unpaired) electrons. The molecule has 2 aromatic carbocycles. The standard InChI is InChI=1S/C20H23F3N2O3/c1-13-5-4-6-17(18(13)20(21,22)23)27-12-16-9-7-15(8-10-16)11-25(3)14(2)19(26)28-24/h4-10,14H,11-12,24H2,1-3H3. The van der Waals surface area contributed by atoms with E-state index < -0.39 is 23.8 Å². The highest BCUT2D eigenvalue weighted by molar-refractivity contribution is 5.74. The van der Waals surface area contributed by atoms with Crippen LogP contribution in [0.15, 0.2) is 42.5 Å². The Balaban J connectivity index is 2.03. The Labute approximate surface area is 161 Å². The van der Waals surface area contributed by atoms with Crippen LogP contribution in [0.2, 0.25) is 0 Å². The van der Waals surface area contributed by atoms with Crippen LogP contribution < -0.4 is 10.6 Å². The molecular formula is C20H23F3N2O3. The Kier molecular flexibility index (Phi) is 7.04. The van der Waals surface area contributed by atoms with Gasteiger partial charge in [-0.15, -0.1) is 0 Å². The number of hydrogen-bond donors (Lipinski definition) is 1. The van der Waals surface area contributed by atoms with Gasteiger partial charge in [-0.25, -0.2) is 4.79 Å². The van der Waals surface area contributed by atoms with Crippen LogP contribution in [0.1, 0.15) is 29.2 Å². The third-order valence-electron chi connectivity index (χ3n) is 4.49. The molecule has 0 fully saturated rings. The summed E-state index contributed by atoms with van der Waals surface area (Å²) in [6.45, 7) is 3.58. The maximum atomic E-state index is 13.2. The molecule has 8 heteroatoms. The van der Waals surface area contributed by atoms with Crippen LogP contribution in [0.5, 0.6) is 5.75 Å². The summed E-state index contributed by atoms with van der Waals surface area (Å²) in [5, 5.41) is 0. The van der Waals surface area contributed by atoms with Crippen molar-refractivity contribution in [3.8, 4) is 5.75 Å². The van der Waals surface area contributed by atoms with Gasteiger partial charge in [0.25, 0.3) is 0 Å². The number of ether oxygens (including phenoxy) is 1. The number of nitrogens with zero attached hydrogens (tertiary/aromatic N) is 1. The van der Waals surface area contributed by atoms with Gasteiger partial charge < -0.3 is 9.57 Å². The molecule has 0 aromatic heterocycles. The molecule has 2 N–H and O–H groups in total. The molecular weight excluding hydrogens is 373 g/mol. The summed E-state index contributed by atoms with van der Waals surface area (Å²) in [5.74, 6) is 4.17. The number of hydrogen-bond acceptors (Lipinski definition) is 5. The maximum Gasteiger partial charge on any atom is 0.420 e. The predicted octanol–water partition coefficient (Wildman–Crippen LogP) is 3.83. The van der Waals surface area contributed by atoms with Crippen LogP contribution in [0.3, 0.4) is 0 Å². The normalized spacial score (nSPS) is 12.7. The van der Waals surface area contributed by atoms with Crippen molar-refractivity contribution in [3.05, 3.63) is 64.7 Å². The van der Waals surface area contributed by atoms with E-state index in [1.807, 2.05) is 12.1 Å². The maximum absolute atomic E-state index is 13.2. The van der Waals surface area contributed by atoms with E-state index in [1.54, 1.807) is 31.0 Å². The molecule has 0 spiro atoms. The van der Waals surface area contributed by atoms with Crippen molar-refractivity contribution in [2.24, 2.45) is 5.90 Å². The minimum absolute atomic E-state index is 0.0125. The molecule has 1 atom stereocenters. The van der Waals surface area contributed by atoms with Gasteiger partial charge in [-0.2, -0.15) is 19.1 Å². The summed E-state index contributed by atoms with van der Waals surface area (Å²) in [6.07, 6.45) is -4.48. The molecule has 2 aromatic rings. The molecule has 0 aliphatic carbocycles. The van der Waals surface area contributed by atoms with Gasteiger partial charge in [0.15, 0.2) is 0 Å². The van der Waals surface area contributed by atoms with E-state index in [2.05, 4.69) is 4.84 Å². The van der Waals surface area contributed by atoms with Crippen LogP contribution in [0.4, 0.5) is 13.2 Å². The van der Waals surface area contributed by atoms with Crippen molar-refractivity contribution in [3.63, 3.8) is 0 Å². The lowest BCUT2D eigenvalue weighted by Crippen LogP contribution is -2.37. The Bertz CT molecular complexity index is 807. The molecule has 0 heterocycles. The zero-order valence-electron chi connectivity index (χ0n) is 15.9. The molecule has 0 saturated carbocycles. The second kappa shape index (κ2) is 9.07. The van der Waals surface area contributed by atoms with E-state index in [-0.39, 0.29) is 17.9 Å². The first-order valence-electron chi connectivity index (χ1n) is 8.61. The Morgan fingerprint density at radius 2 is 1.75 bits per heavy atom. The third-order valence-corrected chi connectivity index (χ3v) is 4.49. The lowest BCUT2D eigenvalue weighted by atomic mass is 10.1. The second-order valence-corrected chi connectivity index (χ2v) is 6.58. The molecule has 0 saturated heterocycles. The van der Waals surface area contributed by atoms with E-state index in [0.717, 1.165) is 11.1 Å². The minimum atomic E-state index is -4.48. The van der Waals surface area contributed by atoms with Crippen LogP contribution in [-0.2, 0) is 29.0 Å². The topological polar surface area (TPSA) is 64.8 Å². The smallest absolute Gasteiger partial charge is 0.420 e. The number of rotatable bonds is 7. The second-order valence-electron chi connectivity index (χ2n) is 6.58. The highest BCUT2D eigenvalue weighted by Gasteiger charge is 2.36. The van der Waals surface area contributed by atoms with Crippen molar-refractivity contribution >= 4 is 5.97 Å². The minimum Gasteiger partial charge on any atom is -0.488 e. The Morgan fingerprint density at radius 1 is 1.14 bits per heavy atom. The molecule has 5 nitrogen and oxygen atoms in total. The number of nitrogens with two attached hydrogens (primary N) is 1. The average molecular weight is 396 g/mol. The SMILES string of the molecule is Cc1cccc(OCc2ccc(CN(C)C(C)C(=O)ON)cc2)c1C(F)(F)F. The van der Waals surface area contributed by atoms with Crippen molar-refractivity contribution in [1.82, 2.24) is 4.90 Å². The van der Waals surface area contributed by atoms with Gasteiger partial charge in [-0.3, -0.25) is 4.90 Å². The first kappa shape index (κ1) is 21.7. The summed E-state index contributed by atoms with van der Waals surface area (Å²) >= 11 is 0. The predicted molar refractivity (Wildman–Crippen MR) is 98.2 cm³/mol. The number of aryl methyl sites for hydroxylation is 1. The van der Waals surface area contributed by atoms with Crippen molar-refractivity contribution in [2.45, 2.75) is 39.2 Å². The van der Waals surface area contributed by atoms with Crippen molar-refractivity contribution < 1.29 is 27.5 Å². The fourth-order valence-corrected chi connectivity index (χ4v) is 2.73. The van der Waals surface area contributed by atoms with Gasteiger partial charge in [0, 0.05) is 6.54 Å². The lowest BCUT2D eigenvalue weighted by molar-refractivity contribution is -0.149. The van der Waals surface area contributed by atoms with Crippen LogP contribution in [-0.4, -0.2) is 24.0 Å². The zero-order valence-corrected chi connectivity index (χ0v) is 15.9. The number of carbonyl (C=O) groups is 1. The highest BCUT2D eigenvalue weighted by atomic mass is 19.4. The fraction of sp³-hybridized carbons (Fsp3) is 0.350. The Hall–Kier alpha value is -2.58. The third kappa shape index (κ3) is 5.46. The van der Waals surface area contributed by atoms with Crippen molar-refractivity contribution in [2.75, 3.05) is 7.05 Å². The van der Waals surface area contributed by atoms with Gasteiger partial charge in [0.2, 0.25) is 0 Å². The molecule has 0 aliphatic heterocycles. The molecule has 0 bridgehead atoms. The number of halogens is 3. The van der Waals surface area contributed by atoms with Gasteiger partial charge >= 0.3 is 12.1 Å². The van der Waals surface area contributed by atoms with E-state index >= 15 is 0 Å². The highest BCUT2D eigenvalue weighted by Crippen LogP contribution is 2.38. The molecule has 2 rings (SSSR count). The van der Waals surface area contributed by atoms with E-state index in [0.29, 0.717) is 6.54 Å². The summed E-state index contributed by atoms with van der Waals surface area (Å²) in [4.78, 5) is 17.4.